The van der Waals surface area contributed by atoms with E-state index in [0.29, 0.717) is 29.8 Å². The number of hydrogen-bond acceptors (Lipinski definition) is 8. The molecule has 2 atom stereocenters. The third-order valence-corrected chi connectivity index (χ3v) is 4.80. The van der Waals surface area contributed by atoms with Crippen LogP contribution >= 0.6 is 0 Å². The Morgan fingerprint density at radius 2 is 2.07 bits per heavy atom. The van der Waals surface area contributed by atoms with Crippen molar-refractivity contribution in [1.82, 2.24) is 20.1 Å². The molecule has 0 spiro atoms. The molecule has 156 valence electrons. The van der Waals surface area contributed by atoms with Crippen molar-refractivity contribution in [3.05, 3.63) is 48.2 Å². The Hall–Kier alpha value is -3.56. The van der Waals surface area contributed by atoms with Crippen LogP contribution in [-0.4, -0.2) is 38.9 Å². The first-order valence-corrected chi connectivity index (χ1v) is 9.57. The zero-order valence-corrected chi connectivity index (χ0v) is 16.7. The number of nitrogens with zero attached hydrogens (tertiary/aromatic N) is 5. The van der Waals surface area contributed by atoms with E-state index >= 15 is 0 Å². The summed E-state index contributed by atoms with van der Waals surface area (Å²) in [6, 6.07) is 7.10. The lowest BCUT2D eigenvalue weighted by Gasteiger charge is -2.23. The maximum absolute atomic E-state index is 13.4. The summed E-state index contributed by atoms with van der Waals surface area (Å²) in [5.74, 6) is 1.16. The lowest BCUT2D eigenvalue weighted by molar-refractivity contribution is 0.177. The molecular formula is C20H21FN6O3. The van der Waals surface area contributed by atoms with Crippen LogP contribution in [0.2, 0.25) is 0 Å². The van der Waals surface area contributed by atoms with E-state index in [-0.39, 0.29) is 23.6 Å². The van der Waals surface area contributed by atoms with Crippen molar-refractivity contribution in [3.8, 4) is 11.4 Å². The normalized spacial score (nSPS) is 17.3. The highest BCUT2D eigenvalue weighted by atomic mass is 19.1. The fourth-order valence-electron chi connectivity index (χ4n) is 3.15. The number of carbonyl (C=O) groups excluding carboxylic acids is 1. The second kappa shape index (κ2) is 8.05. The third kappa shape index (κ3) is 3.93. The summed E-state index contributed by atoms with van der Waals surface area (Å²) in [5.41, 5.74) is 0.516. The maximum Gasteiger partial charge on any atom is 0.415 e. The lowest BCUT2D eigenvalue weighted by Crippen LogP contribution is -2.37. The number of cyclic esters (lactones) is 1. The molecule has 0 aliphatic carbocycles. The van der Waals surface area contributed by atoms with Gasteiger partial charge in [-0.05, 0) is 31.0 Å². The summed E-state index contributed by atoms with van der Waals surface area (Å²) in [5, 5.41) is 6.99. The zero-order chi connectivity index (χ0) is 21.3. The summed E-state index contributed by atoms with van der Waals surface area (Å²) in [7, 11) is 0. The van der Waals surface area contributed by atoms with E-state index in [9.17, 15) is 9.18 Å². The molecule has 1 aliphatic rings. The average molecular weight is 412 g/mol. The minimum atomic E-state index is -0.428. The van der Waals surface area contributed by atoms with Crippen molar-refractivity contribution < 1.29 is 18.4 Å². The number of benzene rings is 1. The molecule has 0 saturated carbocycles. The van der Waals surface area contributed by atoms with Crippen LogP contribution in [0.25, 0.3) is 11.4 Å². The van der Waals surface area contributed by atoms with Gasteiger partial charge in [-0.3, -0.25) is 4.90 Å². The topological polar surface area (TPSA) is 106 Å². The molecule has 3 heterocycles. The van der Waals surface area contributed by atoms with Gasteiger partial charge in [0.15, 0.2) is 0 Å². The minimum absolute atomic E-state index is 0.0950. The third-order valence-electron chi connectivity index (χ3n) is 4.80. The van der Waals surface area contributed by atoms with Gasteiger partial charge in [-0.1, -0.05) is 31.1 Å². The van der Waals surface area contributed by atoms with E-state index < -0.39 is 12.1 Å². The number of ether oxygens (including phenoxy) is 1. The van der Waals surface area contributed by atoms with Crippen molar-refractivity contribution in [2.75, 3.05) is 16.8 Å². The maximum atomic E-state index is 13.4. The molecule has 30 heavy (non-hydrogen) atoms. The SMILES string of the molecule is CC(C)C1COC(=O)N1c1ccnc(N[C@H](C)c2nc(-c3cccc(F)c3)no2)n1. The van der Waals surface area contributed by atoms with Gasteiger partial charge in [-0.25, -0.2) is 14.2 Å². The number of aromatic nitrogens is 4. The second-order valence-electron chi connectivity index (χ2n) is 7.33. The molecular weight excluding hydrogens is 391 g/mol. The van der Waals surface area contributed by atoms with E-state index in [1.165, 1.54) is 17.0 Å². The summed E-state index contributed by atoms with van der Waals surface area (Å²) in [6.45, 7) is 6.17. The molecule has 10 heteroatoms. The number of rotatable bonds is 6. The predicted octanol–water partition coefficient (Wildman–Crippen LogP) is 3.82. The van der Waals surface area contributed by atoms with Crippen molar-refractivity contribution in [2.24, 2.45) is 5.92 Å². The summed E-state index contributed by atoms with van der Waals surface area (Å²) >= 11 is 0. The van der Waals surface area contributed by atoms with Gasteiger partial charge in [-0.2, -0.15) is 9.97 Å². The van der Waals surface area contributed by atoms with E-state index in [2.05, 4.69) is 25.4 Å². The van der Waals surface area contributed by atoms with Crippen LogP contribution in [0.5, 0.6) is 0 Å². The van der Waals surface area contributed by atoms with Gasteiger partial charge in [-0.15, -0.1) is 0 Å². The Kier molecular flexibility index (Phi) is 5.30. The minimum Gasteiger partial charge on any atom is -0.447 e. The summed E-state index contributed by atoms with van der Waals surface area (Å²) < 4.78 is 23.9. The Morgan fingerprint density at radius 3 is 2.83 bits per heavy atom. The standard InChI is InChI=1S/C20H21FN6O3/c1-11(2)15-10-29-20(28)27(15)16-7-8-22-19(24-16)23-12(3)18-25-17(26-30-18)13-5-4-6-14(21)9-13/h4-9,11-12,15H,10H2,1-3H3,(H,22,23,24)/t12-,15?/m1/s1. The second-order valence-corrected chi connectivity index (χ2v) is 7.33. The highest BCUT2D eigenvalue weighted by Gasteiger charge is 2.37. The highest BCUT2D eigenvalue weighted by Crippen LogP contribution is 2.27. The molecule has 1 unspecified atom stereocenters. The molecule has 1 N–H and O–H groups in total. The summed E-state index contributed by atoms with van der Waals surface area (Å²) in [4.78, 5) is 26.7. The van der Waals surface area contributed by atoms with E-state index in [4.69, 9.17) is 9.26 Å². The number of hydrogen-bond donors (Lipinski definition) is 1. The van der Waals surface area contributed by atoms with Crippen LogP contribution in [0.3, 0.4) is 0 Å². The van der Waals surface area contributed by atoms with Gasteiger partial charge >= 0.3 is 6.09 Å². The fraction of sp³-hybridized carbons (Fsp3) is 0.350. The van der Waals surface area contributed by atoms with Crippen LogP contribution in [0.1, 0.15) is 32.7 Å². The number of anilines is 2. The predicted molar refractivity (Wildman–Crippen MR) is 106 cm³/mol. The van der Waals surface area contributed by atoms with E-state index in [0.717, 1.165) is 0 Å². The Morgan fingerprint density at radius 1 is 1.23 bits per heavy atom. The number of nitrogens with one attached hydrogen (secondary N) is 1. The molecule has 1 aromatic carbocycles. The van der Waals surface area contributed by atoms with Crippen LogP contribution < -0.4 is 10.2 Å². The van der Waals surface area contributed by atoms with Crippen LogP contribution in [0.15, 0.2) is 41.1 Å². The van der Waals surface area contributed by atoms with Gasteiger partial charge in [0.1, 0.15) is 24.3 Å². The van der Waals surface area contributed by atoms with Crippen molar-refractivity contribution >= 4 is 17.9 Å². The van der Waals surface area contributed by atoms with Crippen molar-refractivity contribution in [1.29, 1.82) is 0 Å². The molecule has 1 aliphatic heterocycles. The molecule has 1 fully saturated rings. The molecule has 0 bridgehead atoms. The first-order valence-electron chi connectivity index (χ1n) is 9.57. The molecule has 2 aromatic heterocycles. The van der Waals surface area contributed by atoms with Crippen LogP contribution in [0, 0.1) is 11.7 Å². The van der Waals surface area contributed by atoms with Gasteiger partial charge in [0.25, 0.3) is 0 Å². The van der Waals surface area contributed by atoms with E-state index in [1.807, 2.05) is 13.8 Å². The van der Waals surface area contributed by atoms with Gasteiger partial charge in [0.2, 0.25) is 17.7 Å². The Bertz CT molecular complexity index is 1060. The van der Waals surface area contributed by atoms with Gasteiger partial charge in [0.05, 0.1) is 6.04 Å². The molecule has 3 aromatic rings. The molecule has 4 rings (SSSR count). The van der Waals surface area contributed by atoms with Gasteiger partial charge in [0, 0.05) is 11.8 Å². The largest absolute Gasteiger partial charge is 0.447 e. The van der Waals surface area contributed by atoms with Gasteiger partial charge < -0.3 is 14.6 Å². The highest BCUT2D eigenvalue weighted by molar-refractivity contribution is 5.89. The van der Waals surface area contributed by atoms with Crippen molar-refractivity contribution in [2.45, 2.75) is 32.9 Å². The Balaban J connectivity index is 1.51. The zero-order valence-electron chi connectivity index (χ0n) is 16.7. The number of carbonyl (C=O) groups is 1. The molecule has 0 radical (unpaired) electrons. The number of halogens is 1. The molecule has 9 nitrogen and oxygen atoms in total. The lowest BCUT2D eigenvalue weighted by atomic mass is 10.0. The quantitative estimate of drug-likeness (QED) is 0.651. The summed E-state index contributed by atoms with van der Waals surface area (Å²) in [6.07, 6.45) is 1.13. The number of amides is 1. The Labute approximate surface area is 172 Å². The first kappa shape index (κ1) is 19.7. The van der Waals surface area contributed by atoms with E-state index in [1.54, 1.807) is 31.3 Å². The molecule has 1 amide bonds. The molecule has 1 saturated heterocycles. The average Bonchev–Trinajstić information content (AvgIpc) is 3.35. The first-order chi connectivity index (χ1) is 14.4. The smallest absolute Gasteiger partial charge is 0.415 e. The monoisotopic (exact) mass is 412 g/mol. The fourth-order valence-corrected chi connectivity index (χ4v) is 3.15. The van der Waals surface area contributed by atoms with Crippen LogP contribution in [0.4, 0.5) is 21.0 Å². The van der Waals surface area contributed by atoms with Crippen molar-refractivity contribution in [3.63, 3.8) is 0 Å². The van der Waals surface area contributed by atoms with Crippen LogP contribution in [-0.2, 0) is 4.74 Å².